The molecule has 1 rings (SSSR count). The quantitative estimate of drug-likeness (QED) is 0.516. The van der Waals surface area contributed by atoms with E-state index >= 15 is 0 Å². The predicted octanol–water partition coefficient (Wildman–Crippen LogP) is 4.15. The first-order valence-corrected chi connectivity index (χ1v) is 7.14. The van der Waals surface area contributed by atoms with Crippen LogP contribution in [0.5, 0.6) is 0 Å². The van der Waals surface area contributed by atoms with E-state index in [-0.39, 0.29) is 0 Å². The lowest BCUT2D eigenvalue weighted by atomic mass is 9.88. The lowest BCUT2D eigenvalue weighted by molar-refractivity contribution is -0.00642. The zero-order valence-electron chi connectivity index (χ0n) is 9.30. The van der Waals surface area contributed by atoms with Gasteiger partial charge in [-0.1, -0.05) is 42.1 Å². The second kappa shape index (κ2) is 7.70. The molecule has 1 saturated carbocycles. The molecule has 0 bridgehead atoms. The molecule has 0 aromatic carbocycles. The average Bonchev–Trinajstić information content (AvgIpc) is 2.20. The highest BCUT2D eigenvalue weighted by atomic mass is 79.9. The lowest BCUT2D eigenvalue weighted by Gasteiger charge is -2.28. The van der Waals surface area contributed by atoms with E-state index in [9.17, 15) is 0 Å². The van der Waals surface area contributed by atoms with E-state index in [1.54, 1.807) is 0 Å². The summed E-state index contributed by atoms with van der Waals surface area (Å²) in [6.07, 6.45) is 9.81. The van der Waals surface area contributed by atoms with Crippen molar-refractivity contribution in [1.82, 2.24) is 0 Å². The number of rotatable bonds is 6. The molecule has 2 heteroatoms. The van der Waals surface area contributed by atoms with Crippen molar-refractivity contribution >= 4 is 15.9 Å². The van der Waals surface area contributed by atoms with Gasteiger partial charge in [0.2, 0.25) is 0 Å². The van der Waals surface area contributed by atoms with E-state index in [1.165, 1.54) is 44.9 Å². The van der Waals surface area contributed by atoms with Gasteiger partial charge in [-0.2, -0.15) is 0 Å². The average molecular weight is 263 g/mol. The third-order valence-electron chi connectivity index (χ3n) is 3.14. The van der Waals surface area contributed by atoms with E-state index in [0.717, 1.165) is 17.9 Å². The SMILES string of the molecule is CC1CCCCC1OCCCCCBr. The fraction of sp³-hybridized carbons (Fsp3) is 1.00. The van der Waals surface area contributed by atoms with Crippen LogP contribution in [0, 0.1) is 5.92 Å². The molecule has 0 aromatic heterocycles. The van der Waals surface area contributed by atoms with Crippen LogP contribution in [0.4, 0.5) is 0 Å². The molecular formula is C12H23BrO. The van der Waals surface area contributed by atoms with Crippen molar-refractivity contribution in [2.24, 2.45) is 5.92 Å². The second-order valence-electron chi connectivity index (χ2n) is 4.42. The Morgan fingerprint density at radius 1 is 1.14 bits per heavy atom. The van der Waals surface area contributed by atoms with Crippen LogP contribution in [0.15, 0.2) is 0 Å². The van der Waals surface area contributed by atoms with Crippen molar-refractivity contribution in [2.75, 3.05) is 11.9 Å². The Morgan fingerprint density at radius 2 is 1.93 bits per heavy atom. The van der Waals surface area contributed by atoms with Gasteiger partial charge in [-0.15, -0.1) is 0 Å². The maximum Gasteiger partial charge on any atom is 0.0600 e. The molecule has 84 valence electrons. The first-order chi connectivity index (χ1) is 6.84. The Bertz CT molecular complexity index is 138. The van der Waals surface area contributed by atoms with Crippen LogP contribution in [0.3, 0.4) is 0 Å². The Morgan fingerprint density at radius 3 is 2.64 bits per heavy atom. The summed E-state index contributed by atoms with van der Waals surface area (Å²) in [4.78, 5) is 0. The molecule has 1 aliphatic rings. The summed E-state index contributed by atoms with van der Waals surface area (Å²) in [5, 5.41) is 1.13. The van der Waals surface area contributed by atoms with E-state index in [0.29, 0.717) is 6.10 Å². The van der Waals surface area contributed by atoms with Crippen molar-refractivity contribution < 1.29 is 4.74 Å². The van der Waals surface area contributed by atoms with E-state index < -0.39 is 0 Å². The fourth-order valence-electron chi connectivity index (χ4n) is 2.14. The van der Waals surface area contributed by atoms with Crippen molar-refractivity contribution in [2.45, 2.75) is 58.0 Å². The lowest BCUT2D eigenvalue weighted by Crippen LogP contribution is -2.25. The molecule has 2 unspecified atom stereocenters. The highest BCUT2D eigenvalue weighted by Crippen LogP contribution is 2.26. The van der Waals surface area contributed by atoms with Crippen molar-refractivity contribution in [3.05, 3.63) is 0 Å². The number of hydrogen-bond acceptors (Lipinski definition) is 1. The van der Waals surface area contributed by atoms with E-state index in [4.69, 9.17) is 4.74 Å². The molecule has 0 N–H and O–H groups in total. The van der Waals surface area contributed by atoms with Crippen LogP contribution in [-0.4, -0.2) is 18.0 Å². The summed E-state index contributed by atoms with van der Waals surface area (Å²) < 4.78 is 5.93. The van der Waals surface area contributed by atoms with Crippen LogP contribution < -0.4 is 0 Å². The van der Waals surface area contributed by atoms with Gasteiger partial charge in [0, 0.05) is 11.9 Å². The minimum Gasteiger partial charge on any atom is -0.378 e. The molecule has 0 spiro atoms. The van der Waals surface area contributed by atoms with Gasteiger partial charge in [0.25, 0.3) is 0 Å². The van der Waals surface area contributed by atoms with Gasteiger partial charge >= 0.3 is 0 Å². The minimum absolute atomic E-state index is 0.563. The van der Waals surface area contributed by atoms with E-state index in [2.05, 4.69) is 22.9 Å². The van der Waals surface area contributed by atoms with Crippen molar-refractivity contribution in [3.63, 3.8) is 0 Å². The minimum atomic E-state index is 0.563. The fourth-order valence-corrected chi connectivity index (χ4v) is 2.53. The molecule has 1 aliphatic carbocycles. The Labute approximate surface area is 96.7 Å². The summed E-state index contributed by atoms with van der Waals surface area (Å²) in [5.41, 5.74) is 0. The van der Waals surface area contributed by atoms with Crippen LogP contribution in [0.25, 0.3) is 0 Å². The first kappa shape index (κ1) is 12.5. The number of hydrogen-bond donors (Lipinski definition) is 0. The smallest absolute Gasteiger partial charge is 0.0600 e. The molecule has 0 aromatic rings. The summed E-state index contributed by atoms with van der Waals surface area (Å²) in [7, 11) is 0. The normalized spacial score (nSPS) is 27.9. The van der Waals surface area contributed by atoms with Gasteiger partial charge < -0.3 is 4.74 Å². The molecule has 0 heterocycles. The van der Waals surface area contributed by atoms with Crippen LogP contribution >= 0.6 is 15.9 Å². The standard InChI is InChI=1S/C12H23BrO/c1-11-7-3-4-8-12(11)14-10-6-2-5-9-13/h11-12H,2-10H2,1H3. The third-order valence-corrected chi connectivity index (χ3v) is 3.70. The Balaban J connectivity index is 1.99. The summed E-state index contributed by atoms with van der Waals surface area (Å²) in [6, 6.07) is 0. The van der Waals surface area contributed by atoms with Crippen molar-refractivity contribution in [3.8, 4) is 0 Å². The number of unbranched alkanes of at least 4 members (excludes halogenated alkanes) is 2. The van der Waals surface area contributed by atoms with Gasteiger partial charge in [0.05, 0.1) is 6.10 Å². The summed E-state index contributed by atoms with van der Waals surface area (Å²) in [6.45, 7) is 3.31. The molecule has 0 radical (unpaired) electrons. The number of halogens is 1. The molecule has 2 atom stereocenters. The Kier molecular flexibility index (Phi) is 6.88. The Hall–Kier alpha value is 0.440. The van der Waals surface area contributed by atoms with Crippen LogP contribution in [-0.2, 0) is 4.74 Å². The summed E-state index contributed by atoms with van der Waals surface area (Å²) >= 11 is 3.45. The predicted molar refractivity (Wildman–Crippen MR) is 65.0 cm³/mol. The highest BCUT2D eigenvalue weighted by molar-refractivity contribution is 9.09. The maximum atomic E-state index is 5.93. The topological polar surface area (TPSA) is 9.23 Å². The molecule has 1 fully saturated rings. The number of alkyl halides is 1. The van der Waals surface area contributed by atoms with Crippen LogP contribution in [0.2, 0.25) is 0 Å². The monoisotopic (exact) mass is 262 g/mol. The molecule has 1 nitrogen and oxygen atoms in total. The molecule has 0 saturated heterocycles. The number of ether oxygens (including phenoxy) is 1. The first-order valence-electron chi connectivity index (χ1n) is 6.02. The van der Waals surface area contributed by atoms with Gasteiger partial charge in [-0.25, -0.2) is 0 Å². The molecule has 0 aliphatic heterocycles. The van der Waals surface area contributed by atoms with Gasteiger partial charge in [-0.05, 0) is 31.6 Å². The third kappa shape index (κ3) is 4.79. The highest BCUT2D eigenvalue weighted by Gasteiger charge is 2.21. The van der Waals surface area contributed by atoms with E-state index in [1.807, 2.05) is 0 Å². The maximum absolute atomic E-state index is 5.93. The molecular weight excluding hydrogens is 240 g/mol. The van der Waals surface area contributed by atoms with Gasteiger partial charge in [-0.3, -0.25) is 0 Å². The van der Waals surface area contributed by atoms with Gasteiger partial charge in [0.1, 0.15) is 0 Å². The van der Waals surface area contributed by atoms with Crippen molar-refractivity contribution in [1.29, 1.82) is 0 Å². The zero-order chi connectivity index (χ0) is 10.2. The zero-order valence-corrected chi connectivity index (χ0v) is 10.9. The molecule has 14 heavy (non-hydrogen) atoms. The summed E-state index contributed by atoms with van der Waals surface area (Å²) in [5.74, 6) is 0.792. The largest absolute Gasteiger partial charge is 0.378 e. The van der Waals surface area contributed by atoms with Crippen LogP contribution in [0.1, 0.15) is 51.9 Å². The molecule has 0 amide bonds. The van der Waals surface area contributed by atoms with Gasteiger partial charge in [0.15, 0.2) is 0 Å². The second-order valence-corrected chi connectivity index (χ2v) is 5.21.